The Morgan fingerprint density at radius 1 is 1.15 bits per heavy atom. The molecule has 2 heteroatoms. The molecule has 2 N–H and O–H groups in total. The molecule has 0 aliphatic heterocycles. The predicted octanol–water partition coefficient (Wildman–Crippen LogP) is 2.32. The minimum Gasteiger partial charge on any atom is -0.369 e. The molecule has 0 heterocycles. The van der Waals surface area contributed by atoms with Gasteiger partial charge in [-0.25, -0.2) is 0 Å². The molecule has 0 bridgehead atoms. The molecular weight excluding hydrogens is 162 g/mol. The van der Waals surface area contributed by atoms with Crippen LogP contribution in [0.15, 0.2) is 0 Å². The largest absolute Gasteiger partial charge is 0.369 e. The lowest BCUT2D eigenvalue weighted by Gasteiger charge is -2.43. The maximum atomic E-state index is 11.2. The number of amides is 1. The molecular formula is C11H21NO. The summed E-state index contributed by atoms with van der Waals surface area (Å²) in [6, 6.07) is 0. The Morgan fingerprint density at radius 3 is 1.85 bits per heavy atom. The van der Waals surface area contributed by atoms with Crippen molar-refractivity contribution < 1.29 is 4.79 Å². The normalized spacial score (nSPS) is 27.1. The Morgan fingerprint density at radius 2 is 1.54 bits per heavy atom. The third kappa shape index (κ3) is 2.71. The number of hydrogen-bond acceptors (Lipinski definition) is 1. The smallest absolute Gasteiger partial charge is 0.220 e. The summed E-state index contributed by atoms with van der Waals surface area (Å²) in [7, 11) is 0. The van der Waals surface area contributed by atoms with Crippen LogP contribution in [-0.4, -0.2) is 5.91 Å². The van der Waals surface area contributed by atoms with E-state index in [-0.39, 0.29) is 22.7 Å². The molecule has 1 amide bonds. The van der Waals surface area contributed by atoms with Gasteiger partial charge in [-0.15, -0.1) is 0 Å². The molecule has 1 fully saturated rings. The standard InChI is InChI=1S/C11H21NO/c1-10(2)5-8(9(12)13)6-11(3,4)7-10/h8H,5-7H2,1-4H3,(H2,12,13). The van der Waals surface area contributed by atoms with Crippen molar-refractivity contribution in [1.82, 2.24) is 0 Å². The van der Waals surface area contributed by atoms with E-state index in [9.17, 15) is 4.79 Å². The van der Waals surface area contributed by atoms with Crippen molar-refractivity contribution in [2.45, 2.75) is 47.0 Å². The highest BCUT2D eigenvalue weighted by Gasteiger charge is 2.40. The zero-order valence-electron chi connectivity index (χ0n) is 9.18. The first-order valence-electron chi connectivity index (χ1n) is 5.01. The van der Waals surface area contributed by atoms with E-state index in [1.807, 2.05) is 0 Å². The molecule has 1 aliphatic rings. The van der Waals surface area contributed by atoms with Crippen LogP contribution in [0, 0.1) is 16.7 Å². The van der Waals surface area contributed by atoms with Crippen LogP contribution < -0.4 is 5.73 Å². The van der Waals surface area contributed by atoms with Gasteiger partial charge in [0.2, 0.25) is 5.91 Å². The third-order valence-electron chi connectivity index (χ3n) is 2.96. The van der Waals surface area contributed by atoms with Gasteiger partial charge in [-0.2, -0.15) is 0 Å². The number of carbonyl (C=O) groups excluding carboxylic acids is 1. The summed E-state index contributed by atoms with van der Waals surface area (Å²) >= 11 is 0. The molecule has 0 aromatic heterocycles. The minimum absolute atomic E-state index is 0.0822. The first-order valence-corrected chi connectivity index (χ1v) is 5.01. The topological polar surface area (TPSA) is 43.1 Å². The Labute approximate surface area is 80.9 Å². The van der Waals surface area contributed by atoms with Crippen LogP contribution in [0.5, 0.6) is 0 Å². The van der Waals surface area contributed by atoms with Gasteiger partial charge in [0, 0.05) is 5.92 Å². The highest BCUT2D eigenvalue weighted by atomic mass is 16.1. The Bertz CT molecular complexity index is 202. The van der Waals surface area contributed by atoms with Crippen molar-refractivity contribution >= 4 is 5.91 Å². The number of nitrogens with two attached hydrogens (primary N) is 1. The highest BCUT2D eigenvalue weighted by molar-refractivity contribution is 5.76. The summed E-state index contributed by atoms with van der Waals surface area (Å²) in [4.78, 5) is 11.2. The van der Waals surface area contributed by atoms with Gasteiger partial charge >= 0.3 is 0 Å². The third-order valence-corrected chi connectivity index (χ3v) is 2.96. The highest BCUT2D eigenvalue weighted by Crippen LogP contribution is 2.48. The quantitative estimate of drug-likeness (QED) is 0.666. The van der Waals surface area contributed by atoms with Gasteiger partial charge in [0.25, 0.3) is 0 Å². The summed E-state index contributed by atoms with van der Waals surface area (Å²) in [6.07, 6.45) is 3.08. The average molecular weight is 183 g/mol. The molecule has 1 rings (SSSR count). The molecule has 0 atom stereocenters. The fourth-order valence-electron chi connectivity index (χ4n) is 3.05. The van der Waals surface area contributed by atoms with Gasteiger partial charge in [0.1, 0.15) is 0 Å². The van der Waals surface area contributed by atoms with E-state index in [0.29, 0.717) is 0 Å². The van der Waals surface area contributed by atoms with Gasteiger partial charge < -0.3 is 5.73 Å². The second-order valence-electron chi connectivity index (χ2n) is 6.01. The molecule has 1 saturated carbocycles. The Kier molecular flexibility index (Phi) is 2.44. The second-order valence-corrected chi connectivity index (χ2v) is 6.01. The number of rotatable bonds is 1. The fraction of sp³-hybridized carbons (Fsp3) is 0.909. The van der Waals surface area contributed by atoms with Crippen LogP contribution in [0.1, 0.15) is 47.0 Å². The maximum absolute atomic E-state index is 11.2. The molecule has 13 heavy (non-hydrogen) atoms. The molecule has 0 unspecified atom stereocenters. The van der Waals surface area contributed by atoms with Crippen molar-refractivity contribution in [1.29, 1.82) is 0 Å². The van der Waals surface area contributed by atoms with Gasteiger partial charge in [0.05, 0.1) is 0 Å². The maximum Gasteiger partial charge on any atom is 0.220 e. The lowest BCUT2D eigenvalue weighted by Crippen LogP contribution is -2.39. The first kappa shape index (κ1) is 10.6. The van der Waals surface area contributed by atoms with Crippen molar-refractivity contribution in [2.75, 3.05) is 0 Å². The summed E-state index contributed by atoms with van der Waals surface area (Å²) in [5, 5.41) is 0. The number of primary amides is 1. The lowest BCUT2D eigenvalue weighted by atomic mass is 9.61. The summed E-state index contributed by atoms with van der Waals surface area (Å²) in [5.74, 6) is -0.0420. The van der Waals surface area contributed by atoms with E-state index in [0.717, 1.165) is 12.8 Å². The monoisotopic (exact) mass is 183 g/mol. The van der Waals surface area contributed by atoms with E-state index in [1.165, 1.54) is 6.42 Å². The fourth-order valence-corrected chi connectivity index (χ4v) is 3.05. The van der Waals surface area contributed by atoms with Crippen LogP contribution >= 0.6 is 0 Å². The molecule has 76 valence electrons. The number of carbonyl (C=O) groups is 1. The van der Waals surface area contributed by atoms with Gasteiger partial charge in [-0.1, -0.05) is 27.7 Å². The summed E-state index contributed by atoms with van der Waals surface area (Å²) < 4.78 is 0. The van der Waals surface area contributed by atoms with E-state index >= 15 is 0 Å². The zero-order chi connectivity index (χ0) is 10.3. The van der Waals surface area contributed by atoms with Crippen molar-refractivity contribution in [3.8, 4) is 0 Å². The zero-order valence-corrected chi connectivity index (χ0v) is 9.18. The van der Waals surface area contributed by atoms with Gasteiger partial charge in [0.15, 0.2) is 0 Å². The van der Waals surface area contributed by atoms with Crippen LogP contribution in [0.4, 0.5) is 0 Å². The molecule has 0 saturated heterocycles. The molecule has 2 nitrogen and oxygen atoms in total. The molecule has 0 spiro atoms. The van der Waals surface area contributed by atoms with E-state index in [4.69, 9.17) is 5.73 Å². The van der Waals surface area contributed by atoms with Gasteiger partial charge in [-0.3, -0.25) is 4.79 Å². The van der Waals surface area contributed by atoms with Crippen LogP contribution in [0.3, 0.4) is 0 Å². The van der Waals surface area contributed by atoms with E-state index in [2.05, 4.69) is 27.7 Å². The molecule has 1 aliphatic carbocycles. The van der Waals surface area contributed by atoms with Crippen molar-refractivity contribution in [3.63, 3.8) is 0 Å². The minimum atomic E-state index is -0.124. The average Bonchev–Trinajstić information content (AvgIpc) is 1.79. The SMILES string of the molecule is CC1(C)CC(C(N)=O)CC(C)(C)C1. The summed E-state index contributed by atoms with van der Waals surface area (Å²) in [6.45, 7) is 8.90. The lowest BCUT2D eigenvalue weighted by molar-refractivity contribution is -0.126. The van der Waals surface area contributed by atoms with Crippen molar-refractivity contribution in [2.24, 2.45) is 22.5 Å². The van der Waals surface area contributed by atoms with E-state index < -0.39 is 0 Å². The van der Waals surface area contributed by atoms with Gasteiger partial charge in [-0.05, 0) is 30.1 Å². The predicted molar refractivity (Wildman–Crippen MR) is 54.1 cm³/mol. The molecule has 0 aromatic carbocycles. The first-order chi connectivity index (χ1) is 5.72. The Balaban J connectivity index is 2.78. The molecule has 0 radical (unpaired) electrons. The number of hydrogen-bond donors (Lipinski definition) is 1. The molecule has 0 aromatic rings. The van der Waals surface area contributed by atoms with Crippen LogP contribution in [-0.2, 0) is 4.79 Å². The Hall–Kier alpha value is -0.530. The van der Waals surface area contributed by atoms with E-state index in [1.54, 1.807) is 0 Å². The summed E-state index contributed by atoms with van der Waals surface area (Å²) in [5.41, 5.74) is 5.90. The second kappa shape index (κ2) is 3.00. The van der Waals surface area contributed by atoms with Crippen LogP contribution in [0.2, 0.25) is 0 Å². The van der Waals surface area contributed by atoms with Crippen LogP contribution in [0.25, 0.3) is 0 Å². The van der Waals surface area contributed by atoms with Crippen molar-refractivity contribution in [3.05, 3.63) is 0 Å².